The largest absolute Gasteiger partial charge is 0.395 e. The van der Waals surface area contributed by atoms with Crippen LogP contribution in [0.15, 0.2) is 12.2 Å². The van der Waals surface area contributed by atoms with Crippen LogP contribution in [0.1, 0.15) is 25.7 Å². The molecule has 1 rings (SSSR count). The van der Waals surface area contributed by atoms with E-state index in [1.807, 2.05) is 0 Å². The second-order valence-corrected chi connectivity index (χ2v) is 3.85. The molecule has 0 radical (unpaired) electrons. The van der Waals surface area contributed by atoms with E-state index in [0.29, 0.717) is 12.8 Å². The van der Waals surface area contributed by atoms with Gasteiger partial charge in [-0.15, -0.1) is 12.3 Å². The first kappa shape index (κ1) is 12.1. The minimum Gasteiger partial charge on any atom is -0.386 e. The lowest BCUT2D eigenvalue weighted by atomic mass is 9.82. The first-order valence-corrected chi connectivity index (χ1v) is 4.79. The van der Waals surface area contributed by atoms with Crippen molar-refractivity contribution < 1.29 is 18.3 Å². The highest BCUT2D eigenvalue weighted by Gasteiger charge is 2.41. The average Bonchev–Trinajstić information content (AvgIpc) is 2.14. The fourth-order valence-corrected chi connectivity index (χ4v) is 1.65. The maximum absolute atomic E-state index is 12.3. The summed E-state index contributed by atoms with van der Waals surface area (Å²) in [7, 11) is 0. The number of alkyl halides is 3. The lowest BCUT2D eigenvalue weighted by Crippen LogP contribution is -2.33. The van der Waals surface area contributed by atoms with E-state index in [1.54, 1.807) is 0 Å². The lowest BCUT2D eigenvalue weighted by molar-refractivity contribution is -0.167. The predicted octanol–water partition coefficient (Wildman–Crippen LogP) is 2.66. The van der Waals surface area contributed by atoms with Crippen molar-refractivity contribution in [3.05, 3.63) is 12.2 Å². The number of rotatable bonds is 2. The van der Waals surface area contributed by atoms with Gasteiger partial charge in [-0.05, 0) is 19.3 Å². The Morgan fingerprint density at radius 2 is 2.20 bits per heavy atom. The molecule has 4 heteroatoms. The third-order valence-electron chi connectivity index (χ3n) is 2.65. The van der Waals surface area contributed by atoms with Gasteiger partial charge in [-0.3, -0.25) is 0 Å². The van der Waals surface area contributed by atoms with Crippen LogP contribution in [0.25, 0.3) is 0 Å². The summed E-state index contributed by atoms with van der Waals surface area (Å²) >= 11 is 0. The summed E-state index contributed by atoms with van der Waals surface area (Å²) in [4.78, 5) is 0. The summed E-state index contributed by atoms with van der Waals surface area (Å²) < 4.78 is 36.8. The van der Waals surface area contributed by atoms with Crippen molar-refractivity contribution in [1.82, 2.24) is 0 Å². The topological polar surface area (TPSA) is 20.2 Å². The van der Waals surface area contributed by atoms with Crippen LogP contribution in [0.3, 0.4) is 0 Å². The van der Waals surface area contributed by atoms with Crippen molar-refractivity contribution in [3.63, 3.8) is 0 Å². The van der Waals surface area contributed by atoms with Crippen molar-refractivity contribution in [2.45, 2.75) is 37.5 Å². The Hall–Kier alpha value is -0.950. The van der Waals surface area contributed by atoms with E-state index in [0.717, 1.165) is 6.08 Å². The molecular formula is C11H13F3O. The smallest absolute Gasteiger partial charge is 0.386 e. The second-order valence-electron chi connectivity index (χ2n) is 3.85. The zero-order chi connectivity index (χ0) is 11.5. The highest BCUT2D eigenvalue weighted by Crippen LogP contribution is 2.38. The van der Waals surface area contributed by atoms with Gasteiger partial charge in [0.05, 0.1) is 11.5 Å². The molecule has 0 aromatic rings. The number of halogens is 3. The number of hydrogen-bond donors (Lipinski definition) is 1. The summed E-state index contributed by atoms with van der Waals surface area (Å²) in [6, 6.07) is 0. The van der Waals surface area contributed by atoms with E-state index in [4.69, 9.17) is 6.42 Å². The highest BCUT2D eigenvalue weighted by atomic mass is 19.4. The summed E-state index contributed by atoms with van der Waals surface area (Å²) in [5.41, 5.74) is -1.14. The van der Waals surface area contributed by atoms with Gasteiger partial charge in [-0.1, -0.05) is 12.2 Å². The van der Waals surface area contributed by atoms with Gasteiger partial charge < -0.3 is 5.11 Å². The minimum absolute atomic E-state index is 0.0684. The molecule has 2 atom stereocenters. The Kier molecular flexibility index (Phi) is 3.46. The van der Waals surface area contributed by atoms with Gasteiger partial charge in [0.1, 0.15) is 0 Å². The quantitative estimate of drug-likeness (QED) is 0.558. The molecule has 1 N–H and O–H groups in total. The van der Waals surface area contributed by atoms with Crippen molar-refractivity contribution >= 4 is 0 Å². The van der Waals surface area contributed by atoms with Crippen LogP contribution in [0.5, 0.6) is 0 Å². The zero-order valence-corrected chi connectivity index (χ0v) is 8.22. The predicted molar refractivity (Wildman–Crippen MR) is 50.9 cm³/mol. The Bertz CT molecular complexity index is 287. The molecule has 0 fully saturated rings. The molecule has 0 saturated carbocycles. The molecule has 0 amide bonds. The Morgan fingerprint density at radius 3 is 2.60 bits per heavy atom. The fraction of sp³-hybridized carbons (Fsp3) is 0.636. The molecule has 15 heavy (non-hydrogen) atoms. The molecule has 1 aliphatic carbocycles. The number of hydrogen-bond acceptors (Lipinski definition) is 1. The normalized spacial score (nSPS) is 31.3. The number of terminal acetylenes is 1. The Balaban J connectivity index is 2.62. The molecule has 0 aromatic heterocycles. The standard InChI is InChI=1S/C11H13F3O/c1-2-3-6-10(15)7-4-9(5-8-10)11(12,13)14/h1,4,7,9,15H,3,5-6,8H2. The second kappa shape index (κ2) is 4.28. The molecule has 0 spiro atoms. The summed E-state index contributed by atoms with van der Waals surface area (Å²) in [5, 5.41) is 9.84. The molecule has 0 saturated heterocycles. The fourth-order valence-electron chi connectivity index (χ4n) is 1.65. The first-order chi connectivity index (χ1) is 6.87. The molecule has 0 aliphatic heterocycles. The van der Waals surface area contributed by atoms with Crippen molar-refractivity contribution in [2.24, 2.45) is 5.92 Å². The molecule has 0 bridgehead atoms. The highest BCUT2D eigenvalue weighted by molar-refractivity contribution is 5.10. The first-order valence-electron chi connectivity index (χ1n) is 4.79. The third-order valence-corrected chi connectivity index (χ3v) is 2.65. The van der Waals surface area contributed by atoms with Crippen LogP contribution in [0.2, 0.25) is 0 Å². The van der Waals surface area contributed by atoms with Crippen LogP contribution < -0.4 is 0 Å². The summed E-state index contributed by atoms with van der Waals surface area (Å²) in [6.07, 6.45) is 3.86. The molecule has 1 nitrogen and oxygen atoms in total. The minimum atomic E-state index is -4.20. The van der Waals surface area contributed by atoms with Gasteiger partial charge >= 0.3 is 6.18 Å². The number of aliphatic hydroxyl groups is 1. The van der Waals surface area contributed by atoms with E-state index in [1.165, 1.54) is 6.08 Å². The maximum atomic E-state index is 12.3. The van der Waals surface area contributed by atoms with E-state index in [2.05, 4.69) is 5.92 Å². The van der Waals surface area contributed by atoms with Gasteiger partial charge in [-0.2, -0.15) is 13.2 Å². The van der Waals surface area contributed by atoms with Gasteiger partial charge in [-0.25, -0.2) is 0 Å². The molecule has 0 heterocycles. The molecule has 2 unspecified atom stereocenters. The molecule has 0 aromatic carbocycles. The van der Waals surface area contributed by atoms with Crippen LogP contribution in [0, 0.1) is 18.3 Å². The van der Waals surface area contributed by atoms with Crippen LogP contribution in [0.4, 0.5) is 13.2 Å². The third kappa shape index (κ3) is 3.28. The van der Waals surface area contributed by atoms with Gasteiger partial charge in [0.15, 0.2) is 0 Å². The molecule has 84 valence electrons. The number of allylic oxidation sites excluding steroid dienone is 1. The molecular weight excluding hydrogens is 205 g/mol. The Labute approximate surface area is 87.0 Å². The van der Waals surface area contributed by atoms with E-state index < -0.39 is 17.7 Å². The van der Waals surface area contributed by atoms with Crippen molar-refractivity contribution in [2.75, 3.05) is 0 Å². The van der Waals surface area contributed by atoms with Gasteiger partial charge in [0.25, 0.3) is 0 Å². The Morgan fingerprint density at radius 1 is 1.53 bits per heavy atom. The van der Waals surface area contributed by atoms with E-state index >= 15 is 0 Å². The van der Waals surface area contributed by atoms with E-state index in [9.17, 15) is 18.3 Å². The SMILES string of the molecule is C#CCCC1(O)C=CC(C(F)(F)F)CC1. The summed E-state index contributed by atoms with van der Waals surface area (Å²) in [6.45, 7) is 0. The van der Waals surface area contributed by atoms with Crippen LogP contribution >= 0.6 is 0 Å². The van der Waals surface area contributed by atoms with Crippen LogP contribution in [-0.2, 0) is 0 Å². The monoisotopic (exact) mass is 218 g/mol. The lowest BCUT2D eigenvalue weighted by Gasteiger charge is -2.31. The van der Waals surface area contributed by atoms with Crippen LogP contribution in [-0.4, -0.2) is 16.9 Å². The van der Waals surface area contributed by atoms with Crippen molar-refractivity contribution in [3.8, 4) is 12.3 Å². The summed E-state index contributed by atoms with van der Waals surface area (Å²) in [5.74, 6) is 0.938. The van der Waals surface area contributed by atoms with Crippen molar-refractivity contribution in [1.29, 1.82) is 0 Å². The van der Waals surface area contributed by atoms with Gasteiger partial charge in [0, 0.05) is 6.42 Å². The molecule has 1 aliphatic rings. The van der Waals surface area contributed by atoms with Gasteiger partial charge in [0.2, 0.25) is 0 Å². The van der Waals surface area contributed by atoms with E-state index in [-0.39, 0.29) is 12.8 Å². The zero-order valence-electron chi connectivity index (χ0n) is 8.22. The average molecular weight is 218 g/mol. The maximum Gasteiger partial charge on any atom is 0.395 e.